The molecule has 2 aliphatic rings. The van der Waals surface area contributed by atoms with Crippen molar-refractivity contribution in [1.82, 2.24) is 46.1 Å². The SMILES string of the molecule is CN(C)c1ccc2c(-c3cc(NC(=S)NCCC(=O)NC(CCCNC(=O)c4[nH]ccc(=O)c4O)(CCCNC(=O)c4[nH]ccc(=O)c4O)CCCNC(=O)c4[nH]ccc(=O)c4O)ccc3C(=O)[O-])c3ccc(=[N+](C)C)cc-3oc2c1. The predicted octanol–water partition coefficient (Wildman–Crippen LogP) is 2.01. The summed E-state index contributed by atoms with van der Waals surface area (Å²) in [5, 5.41) is 62.3. The maximum Gasteiger partial charge on any atom is 0.271 e. The van der Waals surface area contributed by atoms with Crippen molar-refractivity contribution in [1.29, 1.82) is 0 Å². The first kappa shape index (κ1) is 58.9. The predicted molar refractivity (Wildman–Crippen MR) is 305 cm³/mol. The molecule has 25 heteroatoms. The van der Waals surface area contributed by atoms with Crippen molar-refractivity contribution >= 4 is 69.3 Å². The van der Waals surface area contributed by atoms with Gasteiger partial charge in [0.25, 0.3) is 17.7 Å². The highest BCUT2D eigenvalue weighted by Gasteiger charge is 2.32. The van der Waals surface area contributed by atoms with Gasteiger partial charge in [-0.05, 0) is 86.6 Å². The van der Waals surface area contributed by atoms with Crippen LogP contribution in [-0.2, 0) is 4.79 Å². The molecule has 7 rings (SSSR count). The number of anilines is 2. The van der Waals surface area contributed by atoms with Gasteiger partial charge in [0.2, 0.25) is 27.6 Å². The molecule has 424 valence electrons. The monoisotopic (exact) mass is 1130 g/mol. The third-order valence-corrected chi connectivity index (χ3v) is 13.6. The number of amides is 4. The van der Waals surface area contributed by atoms with Crippen LogP contribution < -0.4 is 68.1 Å². The van der Waals surface area contributed by atoms with Crippen molar-refractivity contribution < 1.29 is 48.8 Å². The van der Waals surface area contributed by atoms with E-state index in [1.54, 1.807) is 6.07 Å². The average molecular weight is 1130 g/mol. The van der Waals surface area contributed by atoms with Gasteiger partial charge in [-0.1, -0.05) is 6.07 Å². The van der Waals surface area contributed by atoms with E-state index in [9.17, 15) is 58.8 Å². The minimum Gasteiger partial charge on any atom is -0.545 e. The number of pyridine rings is 3. The quantitative estimate of drug-likeness (QED) is 0.0189. The Kier molecular flexibility index (Phi) is 19.1. The maximum absolute atomic E-state index is 14.1. The average Bonchev–Trinajstić information content (AvgIpc) is 3.32. The summed E-state index contributed by atoms with van der Waals surface area (Å²) in [6.45, 7) is -0.0190. The molecule has 0 saturated carbocycles. The third-order valence-electron chi connectivity index (χ3n) is 13.4. The van der Waals surface area contributed by atoms with Crippen LogP contribution in [-0.4, -0.2) is 125 Å². The number of carboxylic acids is 1. The molecular formula is C56H61N11O13S. The lowest BCUT2D eigenvalue weighted by atomic mass is 9.83. The molecule has 0 atom stereocenters. The molecule has 0 unspecified atom stereocenters. The first-order chi connectivity index (χ1) is 38.7. The van der Waals surface area contributed by atoms with Gasteiger partial charge in [-0.15, -0.1) is 0 Å². The minimum absolute atomic E-state index is 0.00439. The minimum atomic E-state index is -1.41. The van der Waals surface area contributed by atoms with Crippen LogP contribution in [0.3, 0.4) is 0 Å². The summed E-state index contributed by atoms with van der Waals surface area (Å²) >= 11 is 5.68. The van der Waals surface area contributed by atoms with Crippen LogP contribution in [0.1, 0.15) is 86.8 Å². The summed E-state index contributed by atoms with van der Waals surface area (Å²) in [5.41, 5.74) is -1.23. The molecule has 24 nitrogen and oxygen atoms in total. The van der Waals surface area contributed by atoms with Crippen molar-refractivity contribution in [3.63, 3.8) is 0 Å². The maximum atomic E-state index is 14.1. The first-order valence-corrected chi connectivity index (χ1v) is 26.0. The largest absolute Gasteiger partial charge is 0.545 e. The number of aromatic nitrogens is 3. The number of nitrogens with one attached hydrogen (secondary N) is 9. The highest BCUT2D eigenvalue weighted by molar-refractivity contribution is 7.80. The summed E-state index contributed by atoms with van der Waals surface area (Å²) in [6, 6.07) is 19.1. The number of aromatic hydroxyl groups is 3. The lowest BCUT2D eigenvalue weighted by Crippen LogP contribution is -2.50. The highest BCUT2D eigenvalue weighted by Crippen LogP contribution is 2.43. The Hall–Kier alpha value is -9.78. The van der Waals surface area contributed by atoms with E-state index in [-0.39, 0.29) is 98.9 Å². The molecular weight excluding hydrogens is 1070 g/mol. The van der Waals surface area contributed by atoms with E-state index in [0.717, 1.165) is 29.2 Å². The van der Waals surface area contributed by atoms with Crippen molar-refractivity contribution in [2.45, 2.75) is 50.5 Å². The molecule has 4 amide bonds. The van der Waals surface area contributed by atoms with E-state index in [1.807, 2.05) is 74.1 Å². The Bertz CT molecular complexity index is 3580. The number of aromatic carboxylic acids is 1. The number of carboxylic acid groups (broad SMARTS) is 1. The molecule has 81 heavy (non-hydrogen) atoms. The van der Waals surface area contributed by atoms with Gasteiger partial charge in [0.1, 0.15) is 25.4 Å². The second-order valence-corrected chi connectivity index (χ2v) is 19.8. The molecule has 0 radical (unpaired) electrons. The van der Waals surface area contributed by atoms with Gasteiger partial charge in [0, 0.05) is 135 Å². The fraction of sp³-hybridized carbons (Fsp3) is 0.286. The van der Waals surface area contributed by atoms with E-state index < -0.39 is 68.7 Å². The lowest BCUT2D eigenvalue weighted by Gasteiger charge is -2.36. The molecule has 4 heterocycles. The van der Waals surface area contributed by atoms with E-state index >= 15 is 0 Å². The van der Waals surface area contributed by atoms with Gasteiger partial charge in [-0.3, -0.25) is 33.6 Å². The molecule has 1 aliphatic heterocycles. The number of fused-ring (bicyclic) bond motifs is 2. The summed E-state index contributed by atoms with van der Waals surface area (Å²) in [4.78, 5) is 112. The summed E-state index contributed by atoms with van der Waals surface area (Å²) in [6.07, 6.45) is 4.66. The number of aromatic amines is 3. The molecule has 2 aromatic carbocycles. The van der Waals surface area contributed by atoms with Gasteiger partial charge in [0.15, 0.2) is 39.4 Å². The van der Waals surface area contributed by atoms with Crippen LogP contribution in [0, 0.1) is 0 Å². The summed E-state index contributed by atoms with van der Waals surface area (Å²) < 4.78 is 8.37. The number of thiocarbonyl (C=S) groups is 1. The van der Waals surface area contributed by atoms with Crippen molar-refractivity contribution in [2.24, 2.45) is 0 Å². The smallest absolute Gasteiger partial charge is 0.271 e. The number of benzene rings is 3. The van der Waals surface area contributed by atoms with E-state index in [1.165, 1.54) is 30.7 Å². The van der Waals surface area contributed by atoms with Crippen LogP contribution in [0.4, 0.5) is 11.4 Å². The molecule has 12 N–H and O–H groups in total. The zero-order valence-electron chi connectivity index (χ0n) is 44.7. The molecule has 3 aromatic heterocycles. The number of hydrogen-bond acceptors (Lipinski definition) is 15. The van der Waals surface area contributed by atoms with Crippen LogP contribution in [0.2, 0.25) is 0 Å². The first-order valence-electron chi connectivity index (χ1n) is 25.6. The van der Waals surface area contributed by atoms with E-state index in [4.69, 9.17) is 16.6 Å². The van der Waals surface area contributed by atoms with Crippen molar-refractivity contribution in [3.8, 4) is 39.7 Å². The second-order valence-electron chi connectivity index (χ2n) is 19.4. The van der Waals surface area contributed by atoms with Crippen molar-refractivity contribution in [2.75, 3.05) is 64.6 Å². The Balaban J connectivity index is 1.10. The Morgan fingerprint density at radius 1 is 0.654 bits per heavy atom. The van der Waals surface area contributed by atoms with Crippen LogP contribution in [0.15, 0.2) is 110 Å². The number of nitrogens with zero attached hydrogens (tertiary/aromatic N) is 2. The third kappa shape index (κ3) is 14.5. The fourth-order valence-corrected chi connectivity index (χ4v) is 9.41. The number of H-pyrrole nitrogens is 3. The fourth-order valence-electron chi connectivity index (χ4n) is 9.19. The van der Waals surface area contributed by atoms with Crippen molar-refractivity contribution in [3.05, 3.63) is 150 Å². The lowest BCUT2D eigenvalue weighted by molar-refractivity contribution is -0.255. The number of carbonyl (C=O) groups is 5. The van der Waals surface area contributed by atoms with Gasteiger partial charge in [-0.25, -0.2) is 4.58 Å². The molecule has 0 fully saturated rings. The van der Waals surface area contributed by atoms with E-state index in [0.29, 0.717) is 39.1 Å². The van der Waals surface area contributed by atoms with Crippen LogP contribution in [0.5, 0.6) is 17.2 Å². The zero-order valence-corrected chi connectivity index (χ0v) is 45.5. The van der Waals surface area contributed by atoms with Crippen LogP contribution >= 0.6 is 12.2 Å². The molecule has 0 spiro atoms. The summed E-state index contributed by atoms with van der Waals surface area (Å²) in [5.74, 6) is -5.98. The normalized spacial score (nSPS) is 11.2. The standard InChI is InChI=1S/C56H61N11O13S/c1-66(2)32-9-12-35-41(29-32)80-42-30-33(67(3)4)10-13-36(42)44(35)37-28-31(8-11-34(37)54(78)79)64-55(81)63-27-17-43(71)65-56(18-5-21-60-51(75)45-48(72)38(68)14-24-57-45,19-6-22-61-52(76)46-49(73)39(69)15-25-58-46)20-7-23-62-53(77)47-50(74)40(70)16-26-59-47/h8-16,24-26,28-30H,5-7,17-23,27H2,1-4H3,(H12-,57,58,59,60,61,62,63,64,65,68,69,70,71,72,73,74,75,76,77,78,79,81). The Morgan fingerprint density at radius 3 is 1.65 bits per heavy atom. The molecule has 0 bridgehead atoms. The van der Waals surface area contributed by atoms with Gasteiger partial charge >= 0.3 is 0 Å². The van der Waals surface area contributed by atoms with Gasteiger partial charge < -0.3 is 81.4 Å². The van der Waals surface area contributed by atoms with Crippen LogP contribution in [0.25, 0.3) is 33.4 Å². The highest BCUT2D eigenvalue weighted by atomic mass is 32.1. The molecule has 5 aromatic rings. The van der Waals surface area contributed by atoms with Gasteiger partial charge in [-0.2, -0.15) is 0 Å². The Morgan fingerprint density at radius 2 is 1.17 bits per heavy atom. The van der Waals surface area contributed by atoms with Gasteiger partial charge in [0.05, 0.1) is 12.0 Å². The number of carbonyl (C=O) groups excluding carboxylic acids is 5. The number of rotatable bonds is 23. The van der Waals surface area contributed by atoms with E-state index in [2.05, 4.69) is 46.9 Å². The molecule has 0 saturated heterocycles. The Labute approximate surface area is 467 Å². The topological polar surface area (TPSA) is 359 Å². The summed E-state index contributed by atoms with van der Waals surface area (Å²) in [7, 11) is 7.59. The zero-order chi connectivity index (χ0) is 58.5. The number of hydrogen-bond donors (Lipinski definition) is 12. The molecule has 1 aliphatic carbocycles. The second kappa shape index (κ2) is 26.2.